The molecule has 25 heteroatoms. The molecule has 0 saturated carbocycles. The third-order valence-electron chi connectivity index (χ3n) is 20.6. The molecule has 4 N–H and O–H groups in total. The van der Waals surface area contributed by atoms with Crippen LogP contribution in [0.3, 0.4) is 0 Å². The van der Waals surface area contributed by atoms with Crippen molar-refractivity contribution in [2.24, 2.45) is 0 Å². The van der Waals surface area contributed by atoms with E-state index in [0.717, 1.165) is 172 Å². The maximum atomic E-state index is 11.6. The quantitative estimate of drug-likeness (QED) is 0.0444. The lowest BCUT2D eigenvalue weighted by atomic mass is 10.0. The van der Waals surface area contributed by atoms with Gasteiger partial charge in [0.25, 0.3) is 0 Å². The predicted octanol–water partition coefficient (Wildman–Crippen LogP) is 20.1. The molecule has 5 aromatic heterocycles. The average Bonchev–Trinajstić information content (AvgIpc) is 1.64. The number of nitrogens with one attached hydrogen (secondary N) is 2. The highest BCUT2D eigenvalue weighted by Gasteiger charge is 2.25. The fourth-order valence-corrected chi connectivity index (χ4v) is 15.8. The number of benzene rings is 10. The van der Waals surface area contributed by atoms with Gasteiger partial charge >= 0.3 is 5.97 Å². The van der Waals surface area contributed by atoms with Gasteiger partial charge in [-0.15, -0.1) is 0 Å². The van der Waals surface area contributed by atoms with Crippen LogP contribution in [-0.2, 0) is 52.3 Å². The van der Waals surface area contributed by atoms with Crippen molar-refractivity contribution in [2.75, 3.05) is 71.3 Å². The minimum absolute atomic E-state index is 0.111. The topological polar surface area (TPSA) is 327 Å². The monoisotopic (exact) mass is 1650 g/mol. The summed E-state index contributed by atoms with van der Waals surface area (Å²) in [4.78, 5) is 22.8. The number of hydrogen-bond donors (Lipinski definition) is 3. The van der Waals surface area contributed by atoms with Crippen molar-refractivity contribution >= 4 is 93.5 Å². The van der Waals surface area contributed by atoms with Crippen molar-refractivity contribution in [2.45, 2.75) is 81.2 Å². The van der Waals surface area contributed by atoms with E-state index in [0.29, 0.717) is 69.4 Å². The summed E-state index contributed by atoms with van der Waals surface area (Å²) in [6.07, 6.45) is 1.11. The van der Waals surface area contributed by atoms with Gasteiger partial charge in [0.15, 0.2) is 0 Å². The van der Waals surface area contributed by atoms with Crippen molar-refractivity contribution in [1.29, 1.82) is 26.3 Å². The van der Waals surface area contributed by atoms with Gasteiger partial charge in [0.1, 0.15) is 64.8 Å². The summed E-state index contributed by atoms with van der Waals surface area (Å²) in [5.74, 6) is 3.98. The fourth-order valence-electron chi connectivity index (χ4n) is 15.2. The first-order valence-electron chi connectivity index (χ1n) is 39.3. The first kappa shape index (κ1) is 87.5. The summed E-state index contributed by atoms with van der Waals surface area (Å²) >= 11 is 0. The number of anilines is 3. The third kappa shape index (κ3) is 18.3. The maximum Gasteiger partial charge on any atom is 0.337 e. The van der Waals surface area contributed by atoms with E-state index in [2.05, 4.69) is 84.0 Å². The second kappa shape index (κ2) is 39.3. The highest BCUT2D eigenvalue weighted by Crippen LogP contribution is 2.42. The normalized spacial score (nSPS) is 10.7. The summed E-state index contributed by atoms with van der Waals surface area (Å²) in [5.41, 5.74) is 25.4. The number of nitrogens with two attached hydrogens (primary N) is 1. The number of esters is 1. The molecule has 15 rings (SSSR count). The van der Waals surface area contributed by atoms with Crippen molar-refractivity contribution in [3.8, 4) is 121 Å². The number of aromatic nitrogens is 5. The van der Waals surface area contributed by atoms with E-state index in [1.807, 2.05) is 209 Å². The van der Waals surface area contributed by atoms with Crippen LogP contribution in [0, 0.1) is 56.7 Å². The Labute approximate surface area is 709 Å². The van der Waals surface area contributed by atoms with Gasteiger partial charge in [-0.05, 0) is 233 Å². The maximum absolute atomic E-state index is 11.6. The summed E-state index contributed by atoms with van der Waals surface area (Å²) in [6, 6.07) is 77.7. The molecule has 10 aromatic carbocycles. The van der Waals surface area contributed by atoms with E-state index in [9.17, 15) is 44.3 Å². The molecule has 0 spiro atoms. The molecule has 122 heavy (non-hydrogen) atoms. The largest absolute Gasteiger partial charge is 0.497 e. The number of ether oxygens (including phenoxy) is 7. The summed E-state index contributed by atoms with van der Waals surface area (Å²) in [7, 11) is 6.11. The molecule has 1 amide bonds. The van der Waals surface area contributed by atoms with Crippen LogP contribution in [0.1, 0.15) is 86.6 Å². The van der Waals surface area contributed by atoms with Gasteiger partial charge in [0, 0.05) is 83.6 Å². The minimum Gasteiger partial charge on any atom is -0.497 e. The Morgan fingerprint density at radius 2 is 0.607 bits per heavy atom. The van der Waals surface area contributed by atoms with Crippen LogP contribution < -0.4 is 44.2 Å². The van der Waals surface area contributed by atoms with Crippen molar-refractivity contribution < 1.29 is 51.2 Å². The number of carbonyl (C=O) groups excluding carboxylic acids is 2. The first-order chi connectivity index (χ1) is 59.0. The number of nitrogen functional groups attached to an aromatic ring is 1. The molecule has 24 nitrogen and oxygen atoms in total. The summed E-state index contributed by atoms with van der Waals surface area (Å²) in [5, 5.41) is 55.9. The number of carbonyl (C=O) groups is 2. The van der Waals surface area contributed by atoms with Gasteiger partial charge in [-0.25, -0.2) is 13.2 Å². The molecule has 0 unspecified atom stereocenters. The zero-order chi connectivity index (χ0) is 87.6. The first-order valence-corrected chi connectivity index (χ1v) is 41.2. The second-order valence-electron chi connectivity index (χ2n) is 27.7. The minimum atomic E-state index is -3.33. The molecule has 0 aliphatic rings. The Morgan fingerprint density at radius 1 is 0.361 bits per heavy atom. The zero-order valence-electron chi connectivity index (χ0n) is 70.4. The lowest BCUT2D eigenvalue weighted by molar-refractivity contribution is -0.114. The number of sulfonamides is 1. The lowest BCUT2D eigenvalue weighted by Gasteiger charge is -2.10. The number of fused-ring (bicyclic) bond motifs is 5. The SMILES string of the molecule is CCOc1ccc(-c2c(C#N)c3cc(OC)ccc3n2CC)cc1.CCn1c(-c2ccc(C(=O)OC)cc2)c(C#N)c2cc(OC)ccc21.CCn1c(-c2ccc(N)cc2)c(C#N)c2cc(OC)ccc21.CCn1c(-c2ccc(NC(C)=O)cc2)c(C#N)c2cc(OC)ccc21.CCn1c(-c2ccc(NS(C)(=O)=O)cc2)c(C#N)c2cc(OC)ccc21. The van der Waals surface area contributed by atoms with E-state index in [1.54, 1.807) is 59.8 Å². The second-order valence-corrected chi connectivity index (χ2v) is 29.4. The smallest absolute Gasteiger partial charge is 0.337 e. The number of nitriles is 5. The number of nitrogens with zero attached hydrogens (tertiary/aromatic N) is 10. The Hall–Kier alpha value is -15.4. The third-order valence-corrected chi connectivity index (χ3v) is 21.2. The molecule has 0 bridgehead atoms. The molecule has 5 heterocycles. The van der Waals surface area contributed by atoms with Crippen molar-refractivity contribution in [3.05, 3.63) is 246 Å². The number of rotatable bonds is 21. The van der Waals surface area contributed by atoms with Crippen LogP contribution >= 0.6 is 0 Å². The van der Waals surface area contributed by atoms with Crippen LogP contribution in [0.2, 0.25) is 0 Å². The van der Waals surface area contributed by atoms with E-state index in [4.69, 9.17) is 38.9 Å². The number of amides is 1. The molecule has 0 aliphatic carbocycles. The van der Waals surface area contributed by atoms with Gasteiger partial charge in [0.2, 0.25) is 15.9 Å². The van der Waals surface area contributed by atoms with Crippen molar-refractivity contribution in [1.82, 2.24) is 22.8 Å². The van der Waals surface area contributed by atoms with E-state index >= 15 is 0 Å². The van der Waals surface area contributed by atoms with E-state index in [1.165, 1.54) is 14.0 Å². The summed E-state index contributed by atoms with van der Waals surface area (Å²) in [6.45, 7) is 18.1. The molecular formula is C97H93N13O11S. The fraction of sp³-hybridized carbons (Fsp3) is 0.206. The lowest BCUT2D eigenvalue weighted by Crippen LogP contribution is -2.09. The van der Waals surface area contributed by atoms with Gasteiger partial charge in [-0.1, -0.05) is 48.5 Å². The molecule has 0 fully saturated rings. The predicted molar refractivity (Wildman–Crippen MR) is 481 cm³/mol. The standard InChI is InChI=1S/C20H19N3O2.C20H18N2O3.C20H20N2O2.C19H19N3O3S.C18H17N3O/c1-4-23-19-10-9-16(25-3)11-17(19)18(12-21)20(23)14-5-7-15(8-6-14)22-13(2)24;1-4-22-18-10-9-15(24-2)11-16(18)17(12-21)19(22)13-5-7-14(8-6-13)20(23)25-3;1-4-22-19-11-10-16(23-3)12-17(19)18(13-21)20(22)14-6-8-15(9-7-14)24-5-2;1-4-22-18-10-9-15(25-2)11-16(18)17(12-20)19(22)13-5-7-14(8-6-13)21-26(3,23)24;1-3-21-17-9-8-14(22-2)10-15(17)16(11-19)18(21)12-4-6-13(20)7-5-12/h5-11H,4H2,1-3H3,(H,22,24);5-11H,4H2,1-3H3;6-12H,4-5H2,1-3H3;5-11,21H,4H2,1-3H3;4-10H,3,20H2,1-2H3. The van der Waals surface area contributed by atoms with Gasteiger partial charge in [0.05, 0.1) is 145 Å². The molecular weight excluding hydrogens is 1560 g/mol. The van der Waals surface area contributed by atoms with Crippen LogP contribution in [0.5, 0.6) is 34.5 Å². The van der Waals surface area contributed by atoms with Crippen LogP contribution in [-0.4, -0.2) is 98.7 Å². The average molecular weight is 1650 g/mol. The number of methoxy groups -OCH3 is 6. The Morgan fingerprint density at radius 3 is 0.836 bits per heavy atom. The van der Waals surface area contributed by atoms with Gasteiger partial charge in [-0.3, -0.25) is 9.52 Å². The van der Waals surface area contributed by atoms with Crippen LogP contribution in [0.15, 0.2) is 212 Å². The van der Waals surface area contributed by atoms with Crippen molar-refractivity contribution in [3.63, 3.8) is 0 Å². The Bertz CT molecular complexity index is 6720. The Kier molecular flexibility index (Phi) is 28.2. The zero-order valence-corrected chi connectivity index (χ0v) is 71.2. The molecule has 0 atom stereocenters. The molecule has 15 aromatic rings. The molecule has 0 aliphatic heterocycles. The number of aryl methyl sites for hydroxylation is 5. The highest BCUT2D eigenvalue weighted by atomic mass is 32.2. The van der Waals surface area contributed by atoms with Crippen LogP contribution in [0.25, 0.3) is 111 Å². The van der Waals surface area contributed by atoms with Gasteiger partial charge in [-0.2, -0.15) is 26.3 Å². The van der Waals surface area contributed by atoms with E-state index < -0.39 is 10.0 Å². The number of hydrogen-bond acceptors (Lipinski definition) is 17. The summed E-state index contributed by atoms with van der Waals surface area (Å²) < 4.78 is 72.5. The van der Waals surface area contributed by atoms with E-state index in [-0.39, 0.29) is 11.9 Å². The molecule has 0 radical (unpaired) electrons. The van der Waals surface area contributed by atoms with Gasteiger partial charge < -0.3 is 67.0 Å². The molecule has 618 valence electrons. The Balaban J connectivity index is 0.000000149. The molecule has 0 saturated heterocycles. The van der Waals surface area contributed by atoms with Crippen LogP contribution in [0.4, 0.5) is 17.1 Å². The highest BCUT2D eigenvalue weighted by molar-refractivity contribution is 7.92.